The van der Waals surface area contributed by atoms with Crippen LogP contribution >= 0.6 is 24.0 Å². The third-order valence-electron chi connectivity index (χ3n) is 5.18. The lowest BCUT2D eigenvalue weighted by Crippen LogP contribution is -2.33. The first kappa shape index (κ1) is 25.7. The van der Waals surface area contributed by atoms with Gasteiger partial charge in [0.15, 0.2) is 0 Å². The molecule has 1 aromatic heterocycles. The number of rotatable bonds is 10. The fraction of sp³-hybridized carbons (Fsp3) is 0.333. The molecule has 0 aliphatic heterocycles. The Morgan fingerprint density at radius 2 is 1.72 bits per heavy atom. The van der Waals surface area contributed by atoms with Gasteiger partial charge in [0.25, 0.3) is 5.91 Å². The number of aryl methyl sites for hydroxylation is 1. The Bertz CT molecular complexity index is 1030. The van der Waals surface area contributed by atoms with Crippen molar-refractivity contribution in [1.82, 2.24) is 20.5 Å². The van der Waals surface area contributed by atoms with Gasteiger partial charge in [0.05, 0.1) is 0 Å². The van der Waals surface area contributed by atoms with Crippen LogP contribution in [0.2, 0.25) is 5.02 Å². The second kappa shape index (κ2) is 12.5. The number of aromatic nitrogens is 1. The molecule has 0 saturated heterocycles. The predicted octanol–water partition coefficient (Wildman–Crippen LogP) is 4.17. The van der Waals surface area contributed by atoms with E-state index in [-0.39, 0.29) is 24.2 Å². The molecule has 2 amide bonds. The number of amides is 2. The standard InChI is InChI=1S/C24H29ClN4O2.ClH/c1-17(30)27-16-19-7-5-18(6-8-19)4-3-12-29(2)13-11-26-24(31)23-15-20-14-21(25)9-10-22(20)28-23;/h5-10,14-15,28H,3-4,11-13,16H2,1-2H3,(H,26,31)(H,27,30);1H. The Labute approximate surface area is 200 Å². The van der Waals surface area contributed by atoms with E-state index in [1.54, 1.807) is 6.07 Å². The highest BCUT2D eigenvalue weighted by atomic mass is 35.5. The van der Waals surface area contributed by atoms with Crippen LogP contribution in [-0.4, -0.2) is 48.4 Å². The van der Waals surface area contributed by atoms with Crippen LogP contribution in [0.15, 0.2) is 48.5 Å². The second-order valence-corrected chi connectivity index (χ2v) is 8.24. The molecule has 32 heavy (non-hydrogen) atoms. The molecule has 8 heteroatoms. The van der Waals surface area contributed by atoms with Crippen molar-refractivity contribution >= 4 is 46.7 Å². The van der Waals surface area contributed by atoms with E-state index in [0.29, 0.717) is 23.8 Å². The van der Waals surface area contributed by atoms with Crippen molar-refractivity contribution in [1.29, 1.82) is 0 Å². The summed E-state index contributed by atoms with van der Waals surface area (Å²) >= 11 is 6.00. The zero-order valence-corrected chi connectivity index (χ0v) is 20.0. The number of likely N-dealkylation sites (N-methyl/N-ethyl adjacent to an activating group) is 1. The molecule has 0 saturated carbocycles. The molecular formula is C24H30Cl2N4O2. The Morgan fingerprint density at radius 3 is 2.44 bits per heavy atom. The van der Waals surface area contributed by atoms with Crippen molar-refractivity contribution in [2.45, 2.75) is 26.3 Å². The van der Waals surface area contributed by atoms with Gasteiger partial charge in [-0.05, 0) is 61.8 Å². The van der Waals surface area contributed by atoms with Crippen LogP contribution in [0.5, 0.6) is 0 Å². The number of nitrogens with one attached hydrogen (secondary N) is 3. The fourth-order valence-electron chi connectivity index (χ4n) is 3.40. The predicted molar refractivity (Wildman–Crippen MR) is 133 cm³/mol. The van der Waals surface area contributed by atoms with Crippen LogP contribution in [0.1, 0.15) is 35.0 Å². The number of aromatic amines is 1. The molecule has 0 atom stereocenters. The number of fused-ring (bicyclic) bond motifs is 1. The molecule has 0 unspecified atom stereocenters. The van der Waals surface area contributed by atoms with Gasteiger partial charge < -0.3 is 20.5 Å². The number of hydrogen-bond donors (Lipinski definition) is 3. The van der Waals surface area contributed by atoms with E-state index in [1.807, 2.05) is 18.2 Å². The van der Waals surface area contributed by atoms with Gasteiger partial charge in [0.2, 0.25) is 5.91 Å². The van der Waals surface area contributed by atoms with Gasteiger partial charge in [-0.2, -0.15) is 0 Å². The number of benzene rings is 2. The van der Waals surface area contributed by atoms with Crippen molar-refractivity contribution in [2.24, 2.45) is 0 Å². The van der Waals surface area contributed by atoms with Gasteiger partial charge in [-0.3, -0.25) is 9.59 Å². The highest BCUT2D eigenvalue weighted by Crippen LogP contribution is 2.20. The average Bonchev–Trinajstić information content (AvgIpc) is 3.16. The molecule has 3 rings (SSSR count). The summed E-state index contributed by atoms with van der Waals surface area (Å²) in [7, 11) is 2.06. The van der Waals surface area contributed by atoms with E-state index in [9.17, 15) is 9.59 Å². The topological polar surface area (TPSA) is 77.2 Å². The summed E-state index contributed by atoms with van der Waals surface area (Å²) in [6, 6.07) is 15.7. The van der Waals surface area contributed by atoms with E-state index in [2.05, 4.69) is 51.8 Å². The molecule has 172 valence electrons. The third-order valence-corrected chi connectivity index (χ3v) is 5.41. The monoisotopic (exact) mass is 476 g/mol. The van der Waals surface area contributed by atoms with E-state index in [4.69, 9.17) is 11.6 Å². The Kier molecular flexibility index (Phi) is 10.0. The molecule has 3 N–H and O–H groups in total. The number of hydrogen-bond acceptors (Lipinski definition) is 3. The first-order chi connectivity index (χ1) is 14.9. The highest BCUT2D eigenvalue weighted by molar-refractivity contribution is 6.31. The Hall–Kier alpha value is -2.54. The fourth-order valence-corrected chi connectivity index (χ4v) is 3.58. The van der Waals surface area contributed by atoms with Crippen LogP contribution in [0.3, 0.4) is 0 Å². The number of halogens is 2. The van der Waals surface area contributed by atoms with Crippen LogP contribution in [0.25, 0.3) is 10.9 Å². The summed E-state index contributed by atoms with van der Waals surface area (Å²) in [4.78, 5) is 28.7. The SMILES string of the molecule is CC(=O)NCc1ccc(CCCN(C)CCNC(=O)c2cc3cc(Cl)ccc3[nH]2)cc1.Cl. The van der Waals surface area contributed by atoms with Crippen LogP contribution in [0.4, 0.5) is 0 Å². The summed E-state index contributed by atoms with van der Waals surface area (Å²) in [6.45, 7) is 4.41. The molecule has 2 aromatic carbocycles. The third kappa shape index (κ3) is 7.86. The first-order valence-corrected chi connectivity index (χ1v) is 10.9. The maximum Gasteiger partial charge on any atom is 0.267 e. The summed E-state index contributed by atoms with van der Waals surface area (Å²) in [5.41, 5.74) is 3.83. The molecule has 0 aliphatic carbocycles. The Balaban J connectivity index is 0.00000363. The minimum atomic E-state index is -0.111. The van der Waals surface area contributed by atoms with E-state index in [1.165, 1.54) is 12.5 Å². The van der Waals surface area contributed by atoms with Gasteiger partial charge in [-0.1, -0.05) is 35.9 Å². The minimum Gasteiger partial charge on any atom is -0.352 e. The van der Waals surface area contributed by atoms with Crippen molar-refractivity contribution in [3.63, 3.8) is 0 Å². The minimum absolute atomic E-state index is 0. The number of carbonyl (C=O) groups excluding carboxylic acids is 2. The van der Waals surface area contributed by atoms with Crippen LogP contribution < -0.4 is 10.6 Å². The van der Waals surface area contributed by atoms with Crippen molar-refractivity contribution < 1.29 is 9.59 Å². The molecule has 1 heterocycles. The van der Waals surface area contributed by atoms with Gasteiger partial charge in [-0.25, -0.2) is 0 Å². The van der Waals surface area contributed by atoms with Crippen LogP contribution in [0, 0.1) is 0 Å². The lowest BCUT2D eigenvalue weighted by Gasteiger charge is -2.16. The van der Waals surface area contributed by atoms with Gasteiger partial charge >= 0.3 is 0 Å². The molecule has 0 bridgehead atoms. The zero-order chi connectivity index (χ0) is 22.2. The first-order valence-electron chi connectivity index (χ1n) is 10.5. The number of nitrogens with zero attached hydrogens (tertiary/aromatic N) is 1. The van der Waals surface area contributed by atoms with Crippen molar-refractivity contribution in [2.75, 3.05) is 26.7 Å². The molecule has 0 radical (unpaired) electrons. The maximum absolute atomic E-state index is 12.4. The zero-order valence-electron chi connectivity index (χ0n) is 18.4. The van der Waals surface area contributed by atoms with E-state index < -0.39 is 0 Å². The molecule has 0 fully saturated rings. The molecule has 0 spiro atoms. The van der Waals surface area contributed by atoms with Gasteiger partial charge in [0.1, 0.15) is 5.69 Å². The quantitative estimate of drug-likeness (QED) is 0.410. The second-order valence-electron chi connectivity index (χ2n) is 7.80. The summed E-state index contributed by atoms with van der Waals surface area (Å²) in [5, 5.41) is 7.35. The van der Waals surface area contributed by atoms with Crippen LogP contribution in [-0.2, 0) is 17.8 Å². The smallest absolute Gasteiger partial charge is 0.267 e. The molecule has 6 nitrogen and oxygen atoms in total. The largest absolute Gasteiger partial charge is 0.352 e. The maximum atomic E-state index is 12.4. The lowest BCUT2D eigenvalue weighted by atomic mass is 10.1. The summed E-state index contributed by atoms with van der Waals surface area (Å²) in [6.07, 6.45) is 2.03. The molecular weight excluding hydrogens is 447 g/mol. The lowest BCUT2D eigenvalue weighted by molar-refractivity contribution is -0.119. The highest BCUT2D eigenvalue weighted by Gasteiger charge is 2.09. The number of H-pyrrole nitrogens is 1. The normalized spacial score (nSPS) is 10.8. The average molecular weight is 477 g/mol. The van der Waals surface area contributed by atoms with Crippen molar-refractivity contribution in [3.05, 3.63) is 70.4 Å². The summed E-state index contributed by atoms with van der Waals surface area (Å²) in [5.74, 6) is -0.130. The number of carbonyl (C=O) groups is 2. The van der Waals surface area contributed by atoms with E-state index in [0.717, 1.165) is 42.4 Å². The Morgan fingerprint density at radius 1 is 1.00 bits per heavy atom. The summed E-state index contributed by atoms with van der Waals surface area (Å²) < 4.78 is 0. The van der Waals surface area contributed by atoms with Gasteiger partial charge in [-0.15, -0.1) is 12.4 Å². The molecule has 0 aliphatic rings. The van der Waals surface area contributed by atoms with E-state index >= 15 is 0 Å². The molecule has 3 aromatic rings. The van der Waals surface area contributed by atoms with Gasteiger partial charge in [0, 0.05) is 42.5 Å². The van der Waals surface area contributed by atoms with Crippen molar-refractivity contribution in [3.8, 4) is 0 Å².